The first-order chi connectivity index (χ1) is 14.0. The van der Waals surface area contributed by atoms with Gasteiger partial charge in [0.05, 0.1) is 16.8 Å². The zero-order valence-corrected chi connectivity index (χ0v) is 15.7. The minimum absolute atomic E-state index is 0.383. The second-order valence-corrected chi connectivity index (χ2v) is 6.54. The number of rotatable bonds is 3. The molecule has 0 aliphatic heterocycles. The van der Waals surface area contributed by atoms with E-state index in [1.165, 1.54) is 11.0 Å². The highest BCUT2D eigenvalue weighted by Gasteiger charge is 2.14. The van der Waals surface area contributed by atoms with Crippen LogP contribution in [0, 0.1) is 13.8 Å². The summed E-state index contributed by atoms with van der Waals surface area (Å²) in [5.74, 6) is -0.849. The highest BCUT2D eigenvalue weighted by atomic mass is 16.2. The highest BCUT2D eigenvalue weighted by Crippen LogP contribution is 2.20. The molecule has 144 valence electrons. The van der Waals surface area contributed by atoms with Crippen LogP contribution >= 0.6 is 0 Å². The predicted octanol–water partition coefficient (Wildman–Crippen LogP) is 1.90. The number of hydrogen-bond donors (Lipinski definition) is 2. The molecule has 4 rings (SSSR count). The standard InChI is InChI=1S/C20H17N7O2/c1-12-3-8-18-16(9-12)17(10-13(2)22-18)20(29)24-23-19(28)14-4-6-15(7-5-14)27-11-21-25-26-27/h3-11H,1-2H3,(H,23,28)(H,24,29). The molecule has 2 N–H and O–H groups in total. The van der Waals surface area contributed by atoms with Crippen molar-refractivity contribution in [2.24, 2.45) is 0 Å². The number of pyridine rings is 1. The lowest BCUT2D eigenvalue weighted by Crippen LogP contribution is -2.41. The first kappa shape index (κ1) is 18.2. The van der Waals surface area contributed by atoms with Crippen molar-refractivity contribution in [3.05, 3.63) is 77.2 Å². The van der Waals surface area contributed by atoms with Gasteiger partial charge in [0.25, 0.3) is 11.8 Å². The lowest BCUT2D eigenvalue weighted by atomic mass is 10.0. The van der Waals surface area contributed by atoms with Gasteiger partial charge >= 0.3 is 0 Å². The number of carbonyl (C=O) groups excluding carboxylic acids is 2. The number of hydrazine groups is 1. The molecule has 29 heavy (non-hydrogen) atoms. The van der Waals surface area contributed by atoms with E-state index in [-0.39, 0.29) is 0 Å². The molecule has 9 heteroatoms. The van der Waals surface area contributed by atoms with Gasteiger partial charge in [0, 0.05) is 16.6 Å². The minimum atomic E-state index is -0.437. The van der Waals surface area contributed by atoms with E-state index in [1.807, 2.05) is 32.0 Å². The van der Waals surface area contributed by atoms with E-state index in [1.54, 1.807) is 30.3 Å². The molecule has 0 bridgehead atoms. The van der Waals surface area contributed by atoms with Crippen LogP contribution in [0.4, 0.5) is 0 Å². The fourth-order valence-electron chi connectivity index (χ4n) is 2.96. The Labute approximate surface area is 165 Å². The number of benzene rings is 2. The number of aryl methyl sites for hydroxylation is 2. The number of amides is 2. The molecule has 0 saturated heterocycles. The van der Waals surface area contributed by atoms with Gasteiger partial charge in [-0.2, -0.15) is 0 Å². The van der Waals surface area contributed by atoms with Crippen LogP contribution < -0.4 is 10.9 Å². The number of fused-ring (bicyclic) bond motifs is 1. The van der Waals surface area contributed by atoms with Crippen molar-refractivity contribution < 1.29 is 9.59 Å². The van der Waals surface area contributed by atoms with Crippen molar-refractivity contribution >= 4 is 22.7 Å². The second kappa shape index (κ2) is 7.47. The maximum atomic E-state index is 12.7. The van der Waals surface area contributed by atoms with Crippen LogP contribution in [-0.4, -0.2) is 37.0 Å². The molecule has 4 aromatic rings. The maximum Gasteiger partial charge on any atom is 0.270 e. The second-order valence-electron chi connectivity index (χ2n) is 6.54. The molecule has 0 saturated carbocycles. The van der Waals surface area contributed by atoms with Crippen molar-refractivity contribution in [3.8, 4) is 5.69 Å². The van der Waals surface area contributed by atoms with Gasteiger partial charge in [0.1, 0.15) is 6.33 Å². The molecule has 2 heterocycles. The Kier molecular flexibility index (Phi) is 4.70. The van der Waals surface area contributed by atoms with Gasteiger partial charge in [0.15, 0.2) is 0 Å². The quantitative estimate of drug-likeness (QED) is 0.519. The smallest absolute Gasteiger partial charge is 0.267 e. The van der Waals surface area contributed by atoms with Crippen LogP contribution in [0.5, 0.6) is 0 Å². The maximum absolute atomic E-state index is 12.7. The topological polar surface area (TPSA) is 115 Å². The van der Waals surface area contributed by atoms with E-state index >= 15 is 0 Å². The van der Waals surface area contributed by atoms with Gasteiger partial charge in [-0.25, -0.2) is 4.68 Å². The molecule has 0 atom stereocenters. The van der Waals surface area contributed by atoms with Gasteiger partial charge in [-0.05, 0) is 66.7 Å². The molecule has 0 unspecified atom stereocenters. The van der Waals surface area contributed by atoms with Crippen molar-refractivity contribution in [1.29, 1.82) is 0 Å². The summed E-state index contributed by atoms with van der Waals surface area (Å²) in [6, 6.07) is 14.1. The zero-order valence-electron chi connectivity index (χ0n) is 15.7. The van der Waals surface area contributed by atoms with E-state index < -0.39 is 11.8 Å². The van der Waals surface area contributed by atoms with Crippen molar-refractivity contribution in [3.63, 3.8) is 0 Å². The normalized spacial score (nSPS) is 10.7. The minimum Gasteiger partial charge on any atom is -0.267 e. The summed E-state index contributed by atoms with van der Waals surface area (Å²) >= 11 is 0. The van der Waals surface area contributed by atoms with Crippen molar-refractivity contribution in [2.45, 2.75) is 13.8 Å². The molecule has 2 aromatic carbocycles. The first-order valence-corrected chi connectivity index (χ1v) is 8.83. The van der Waals surface area contributed by atoms with E-state index in [0.29, 0.717) is 16.8 Å². The molecule has 0 fully saturated rings. The Morgan fingerprint density at radius 3 is 2.41 bits per heavy atom. The third kappa shape index (κ3) is 3.79. The Bertz CT molecular complexity index is 1200. The summed E-state index contributed by atoms with van der Waals surface area (Å²) < 4.78 is 1.47. The summed E-state index contributed by atoms with van der Waals surface area (Å²) in [5, 5.41) is 11.7. The molecule has 0 spiro atoms. The molecular weight excluding hydrogens is 370 g/mol. The van der Waals surface area contributed by atoms with Crippen LogP contribution in [0.3, 0.4) is 0 Å². The monoisotopic (exact) mass is 387 g/mol. The van der Waals surface area contributed by atoms with Gasteiger partial charge in [0.2, 0.25) is 0 Å². The lowest BCUT2D eigenvalue weighted by Gasteiger charge is -2.11. The van der Waals surface area contributed by atoms with Gasteiger partial charge in [-0.15, -0.1) is 5.10 Å². The fourth-order valence-corrected chi connectivity index (χ4v) is 2.96. The number of nitrogens with one attached hydrogen (secondary N) is 2. The molecule has 2 aromatic heterocycles. The predicted molar refractivity (Wildman–Crippen MR) is 105 cm³/mol. The van der Waals surface area contributed by atoms with E-state index in [2.05, 4.69) is 31.4 Å². The molecule has 9 nitrogen and oxygen atoms in total. The Hall–Kier alpha value is -4.14. The largest absolute Gasteiger partial charge is 0.270 e. The lowest BCUT2D eigenvalue weighted by molar-refractivity contribution is 0.0847. The van der Waals surface area contributed by atoms with E-state index in [4.69, 9.17) is 0 Å². The van der Waals surface area contributed by atoms with Crippen molar-refractivity contribution in [1.82, 2.24) is 36.0 Å². The Morgan fingerprint density at radius 2 is 1.69 bits per heavy atom. The number of hydrogen-bond acceptors (Lipinski definition) is 6. The zero-order chi connectivity index (χ0) is 20.4. The van der Waals surface area contributed by atoms with Crippen LogP contribution in [-0.2, 0) is 0 Å². The summed E-state index contributed by atoms with van der Waals surface area (Å²) in [6.07, 6.45) is 1.46. The molecular formula is C20H17N7O2. The average molecular weight is 387 g/mol. The van der Waals surface area contributed by atoms with Crippen LogP contribution in [0.2, 0.25) is 0 Å². The Balaban J connectivity index is 1.49. The SMILES string of the molecule is Cc1ccc2nc(C)cc(C(=O)NNC(=O)c3ccc(-n4cnnn4)cc3)c2c1. The van der Waals surface area contributed by atoms with Crippen LogP contribution in [0.1, 0.15) is 32.0 Å². The third-order valence-corrected chi connectivity index (χ3v) is 4.37. The summed E-state index contributed by atoms with van der Waals surface area (Å²) in [7, 11) is 0. The van der Waals surface area contributed by atoms with Gasteiger partial charge < -0.3 is 0 Å². The van der Waals surface area contributed by atoms with Gasteiger partial charge in [-0.1, -0.05) is 11.6 Å². The number of tetrazole rings is 1. The summed E-state index contributed by atoms with van der Waals surface area (Å²) in [6.45, 7) is 3.77. The fraction of sp³-hybridized carbons (Fsp3) is 0.100. The van der Waals surface area contributed by atoms with Crippen LogP contribution in [0.15, 0.2) is 54.9 Å². The molecule has 0 radical (unpaired) electrons. The van der Waals surface area contributed by atoms with E-state index in [9.17, 15) is 9.59 Å². The summed E-state index contributed by atoms with van der Waals surface area (Å²) in [4.78, 5) is 29.5. The average Bonchev–Trinajstić information content (AvgIpc) is 3.26. The summed E-state index contributed by atoms with van der Waals surface area (Å²) in [5.41, 5.74) is 8.93. The number of carbonyl (C=O) groups is 2. The van der Waals surface area contributed by atoms with Crippen molar-refractivity contribution in [2.75, 3.05) is 0 Å². The number of aromatic nitrogens is 5. The van der Waals surface area contributed by atoms with Gasteiger partial charge in [-0.3, -0.25) is 25.4 Å². The molecule has 2 amide bonds. The third-order valence-electron chi connectivity index (χ3n) is 4.37. The molecule has 0 aliphatic carbocycles. The van der Waals surface area contributed by atoms with E-state index in [0.717, 1.165) is 22.2 Å². The highest BCUT2D eigenvalue weighted by molar-refractivity contribution is 6.07. The van der Waals surface area contributed by atoms with Crippen LogP contribution in [0.25, 0.3) is 16.6 Å². The Morgan fingerprint density at radius 1 is 0.931 bits per heavy atom. The molecule has 0 aliphatic rings. The number of nitrogens with zero attached hydrogens (tertiary/aromatic N) is 5. The first-order valence-electron chi connectivity index (χ1n) is 8.83.